The van der Waals surface area contributed by atoms with Crippen molar-refractivity contribution >= 4 is 17.6 Å². The maximum Gasteiger partial charge on any atom is 0.271 e. The summed E-state index contributed by atoms with van der Waals surface area (Å²) < 4.78 is 30.1. The van der Waals surface area contributed by atoms with Gasteiger partial charge in [0.15, 0.2) is 0 Å². The molecule has 2 aliphatic carbocycles. The van der Waals surface area contributed by atoms with Gasteiger partial charge in [-0.2, -0.15) is 5.10 Å². The first-order valence-corrected chi connectivity index (χ1v) is 9.93. The van der Waals surface area contributed by atoms with E-state index >= 15 is 0 Å². The van der Waals surface area contributed by atoms with E-state index in [1.165, 1.54) is 11.3 Å². The first kappa shape index (κ1) is 17.6. The average Bonchev–Trinajstić information content (AvgIpc) is 3.27. The number of carbonyl (C=O) groups is 1. The Balaban J connectivity index is 1.43. The number of aliphatic hydroxyl groups is 1. The number of rotatable bonds is 5. The van der Waals surface area contributed by atoms with Crippen molar-refractivity contribution < 1.29 is 18.7 Å². The number of halogens is 2. The molecule has 0 aliphatic heterocycles. The molecule has 0 radical (unpaired) electrons. The van der Waals surface area contributed by atoms with Crippen LogP contribution in [0.25, 0.3) is 5.13 Å². The average molecular weight is 401 g/mol. The third kappa shape index (κ3) is 2.21. The number of fused-ring (bicyclic) bond motifs is 1. The molecule has 5 rings (SSSR count). The van der Waals surface area contributed by atoms with Gasteiger partial charge in [0.25, 0.3) is 5.92 Å². The summed E-state index contributed by atoms with van der Waals surface area (Å²) in [6.07, 6.45) is 5.61. The lowest BCUT2D eigenvalue weighted by molar-refractivity contribution is -0.117. The molecule has 28 heavy (non-hydrogen) atoms. The number of hydrogen-bond acceptors (Lipinski definition) is 5. The molecule has 1 aromatic carbocycles. The number of carbonyl (C=O) groups excluding carboxylic acids is 1. The Morgan fingerprint density at radius 1 is 1.29 bits per heavy atom. The molecule has 1 N–H and O–H groups in total. The van der Waals surface area contributed by atoms with Gasteiger partial charge in [0, 0.05) is 23.1 Å². The van der Waals surface area contributed by atoms with E-state index in [1.54, 1.807) is 18.3 Å². The van der Waals surface area contributed by atoms with E-state index in [0.29, 0.717) is 5.56 Å². The zero-order valence-corrected chi connectivity index (χ0v) is 15.6. The van der Waals surface area contributed by atoms with Crippen LogP contribution in [-0.4, -0.2) is 38.7 Å². The Kier molecular flexibility index (Phi) is 3.79. The first-order chi connectivity index (χ1) is 13.5. The molecular weight excluding hydrogens is 384 g/mol. The van der Waals surface area contributed by atoms with Crippen LogP contribution in [-0.2, 0) is 11.2 Å². The molecule has 1 fully saturated rings. The summed E-state index contributed by atoms with van der Waals surface area (Å²) in [5, 5.41) is 16.5. The number of thiazole rings is 1. The van der Waals surface area contributed by atoms with E-state index in [0.717, 1.165) is 34.8 Å². The Hall–Kier alpha value is -2.45. The minimum absolute atomic E-state index is 0.158. The summed E-state index contributed by atoms with van der Waals surface area (Å²) in [7, 11) is 0. The minimum Gasteiger partial charge on any atom is -0.395 e. The van der Waals surface area contributed by atoms with Gasteiger partial charge in [-0.15, -0.1) is 11.3 Å². The summed E-state index contributed by atoms with van der Waals surface area (Å²) >= 11 is 1.53. The quantitative estimate of drug-likeness (QED) is 0.666. The second kappa shape index (κ2) is 6.02. The molecule has 0 bridgehead atoms. The monoisotopic (exact) mass is 401 g/mol. The molecule has 0 amide bonds. The Morgan fingerprint density at radius 3 is 2.64 bits per heavy atom. The zero-order valence-electron chi connectivity index (χ0n) is 14.8. The van der Waals surface area contributed by atoms with Crippen LogP contribution < -0.4 is 0 Å². The summed E-state index contributed by atoms with van der Waals surface area (Å²) in [6.45, 7) is -0.849. The molecule has 3 atom stereocenters. The third-order valence-electron chi connectivity index (χ3n) is 6.11. The number of alkyl halides is 2. The van der Waals surface area contributed by atoms with Gasteiger partial charge in [0.05, 0.1) is 24.4 Å². The van der Waals surface area contributed by atoms with Gasteiger partial charge in [-0.05, 0) is 24.0 Å². The molecule has 5 nitrogen and oxygen atoms in total. The predicted molar refractivity (Wildman–Crippen MR) is 99.1 cm³/mol. The number of hydrogen-bond donors (Lipinski definition) is 1. The van der Waals surface area contributed by atoms with E-state index in [-0.39, 0.29) is 12.2 Å². The van der Waals surface area contributed by atoms with Gasteiger partial charge in [-0.3, -0.25) is 0 Å². The highest BCUT2D eigenvalue weighted by Gasteiger charge is 2.81. The minimum atomic E-state index is -3.21. The van der Waals surface area contributed by atoms with Crippen LogP contribution in [0.4, 0.5) is 8.78 Å². The van der Waals surface area contributed by atoms with Crippen LogP contribution in [0.3, 0.4) is 0 Å². The van der Waals surface area contributed by atoms with E-state index in [9.17, 15) is 18.7 Å². The maximum absolute atomic E-state index is 14.1. The molecule has 0 saturated heterocycles. The van der Waals surface area contributed by atoms with Crippen LogP contribution in [0.5, 0.6) is 0 Å². The smallest absolute Gasteiger partial charge is 0.271 e. The van der Waals surface area contributed by atoms with Crippen LogP contribution in [0.2, 0.25) is 0 Å². The molecule has 1 saturated carbocycles. The number of aldehydes is 1. The predicted octanol–water partition coefficient (Wildman–Crippen LogP) is 3.32. The number of benzene rings is 1. The van der Waals surface area contributed by atoms with E-state index in [2.05, 4.69) is 10.1 Å². The third-order valence-corrected chi connectivity index (χ3v) is 6.85. The Bertz CT molecular complexity index is 1030. The molecule has 0 spiro atoms. The summed E-state index contributed by atoms with van der Waals surface area (Å²) in [6, 6.07) is 6.99. The fourth-order valence-corrected chi connectivity index (χ4v) is 5.10. The highest BCUT2D eigenvalue weighted by Crippen LogP contribution is 2.69. The molecule has 2 aliphatic rings. The van der Waals surface area contributed by atoms with E-state index < -0.39 is 23.9 Å². The molecule has 3 aromatic rings. The van der Waals surface area contributed by atoms with E-state index in [1.807, 2.05) is 28.4 Å². The van der Waals surface area contributed by atoms with Gasteiger partial charge in [-0.25, -0.2) is 18.4 Å². The van der Waals surface area contributed by atoms with Gasteiger partial charge in [0.1, 0.15) is 11.7 Å². The summed E-state index contributed by atoms with van der Waals surface area (Å²) in [4.78, 5) is 15.5. The van der Waals surface area contributed by atoms with Crippen molar-refractivity contribution in [3.63, 3.8) is 0 Å². The van der Waals surface area contributed by atoms with Gasteiger partial charge >= 0.3 is 0 Å². The molecule has 3 unspecified atom stereocenters. The standard InChI is InChI=1S/C20H17F2N3O2S/c21-20(22)17(19(20,10-26)11-27)13-3-1-12(2-4-13)14-5-6-16-15(14)9-24-25(16)18-23-7-8-28-18/h1-4,7-10,14,17,27H,5-6,11H2. The number of nitrogens with zero attached hydrogens (tertiary/aromatic N) is 3. The first-order valence-electron chi connectivity index (χ1n) is 9.05. The molecule has 144 valence electrons. The number of aliphatic hydroxyl groups excluding tert-OH is 1. The molecular formula is C20H17F2N3O2S. The topological polar surface area (TPSA) is 68.0 Å². The van der Waals surface area contributed by atoms with Crippen LogP contribution in [0, 0.1) is 5.41 Å². The lowest BCUT2D eigenvalue weighted by atomic mass is 9.92. The van der Waals surface area contributed by atoms with Crippen molar-refractivity contribution in [1.82, 2.24) is 14.8 Å². The van der Waals surface area contributed by atoms with E-state index in [4.69, 9.17) is 0 Å². The second-order valence-electron chi connectivity index (χ2n) is 7.40. The van der Waals surface area contributed by atoms with Crippen LogP contribution >= 0.6 is 11.3 Å². The van der Waals surface area contributed by atoms with Gasteiger partial charge in [-0.1, -0.05) is 24.3 Å². The number of aromatic nitrogens is 3. The van der Waals surface area contributed by atoms with Crippen molar-refractivity contribution in [1.29, 1.82) is 0 Å². The zero-order chi connectivity index (χ0) is 19.5. The molecule has 2 aromatic heterocycles. The Morgan fingerprint density at radius 2 is 2.04 bits per heavy atom. The van der Waals surface area contributed by atoms with Crippen LogP contribution in [0.1, 0.15) is 40.6 Å². The van der Waals surface area contributed by atoms with Crippen molar-refractivity contribution in [2.75, 3.05) is 6.61 Å². The van der Waals surface area contributed by atoms with Crippen molar-refractivity contribution in [3.8, 4) is 5.13 Å². The Labute approximate surface area is 163 Å². The summed E-state index contributed by atoms with van der Waals surface area (Å²) in [5.41, 5.74) is 1.71. The van der Waals surface area contributed by atoms with Gasteiger partial charge < -0.3 is 9.90 Å². The maximum atomic E-state index is 14.1. The highest BCUT2D eigenvalue weighted by molar-refractivity contribution is 7.12. The normalized spacial score (nSPS) is 27.5. The molecule has 8 heteroatoms. The van der Waals surface area contributed by atoms with Crippen molar-refractivity contribution in [3.05, 3.63) is 64.4 Å². The highest BCUT2D eigenvalue weighted by atomic mass is 32.1. The van der Waals surface area contributed by atoms with Crippen molar-refractivity contribution in [2.24, 2.45) is 5.41 Å². The lowest BCUT2D eigenvalue weighted by Gasteiger charge is -2.11. The van der Waals surface area contributed by atoms with Crippen LogP contribution in [0.15, 0.2) is 42.0 Å². The lowest BCUT2D eigenvalue weighted by Crippen LogP contribution is -2.17. The fraction of sp³-hybridized carbons (Fsp3) is 0.350. The SMILES string of the molecule is O=CC1(CO)C(c2ccc(C3CCc4c3cnn4-c3nccs3)cc2)C1(F)F. The fourth-order valence-electron chi connectivity index (χ4n) is 4.48. The molecule has 2 heterocycles. The van der Waals surface area contributed by atoms with Gasteiger partial charge in [0.2, 0.25) is 5.13 Å². The largest absolute Gasteiger partial charge is 0.395 e. The van der Waals surface area contributed by atoms with Crippen molar-refractivity contribution in [2.45, 2.75) is 30.6 Å². The second-order valence-corrected chi connectivity index (χ2v) is 8.28. The summed E-state index contributed by atoms with van der Waals surface area (Å²) in [5.74, 6) is -4.31.